The van der Waals surface area contributed by atoms with E-state index in [1.54, 1.807) is 0 Å². The molecule has 2 rings (SSSR count). The van der Waals surface area contributed by atoms with E-state index in [2.05, 4.69) is 0 Å². The average molecular weight is 293 g/mol. The van der Waals surface area contributed by atoms with Crippen molar-refractivity contribution in [1.29, 1.82) is 0 Å². The third-order valence-corrected chi connectivity index (χ3v) is 7.18. The quantitative estimate of drug-likeness (QED) is 0.747. The molecule has 0 aliphatic carbocycles. The monoisotopic (exact) mass is 294 g/mol. The van der Waals surface area contributed by atoms with Crippen LogP contribution in [0.4, 0.5) is 4.39 Å². The third kappa shape index (κ3) is 2.80. The van der Waals surface area contributed by atoms with Crippen LogP contribution < -0.4 is 4.46 Å². The summed E-state index contributed by atoms with van der Waals surface area (Å²) in [4.78, 5) is -0.301. The zero-order chi connectivity index (χ0) is 10.9. The Hall–Kier alpha value is -0.381. The predicted octanol–water partition coefficient (Wildman–Crippen LogP) is 0.571. The second-order valence-electron chi connectivity index (χ2n) is 3.56. The Morgan fingerprint density at radius 2 is 1.87 bits per heavy atom. The first-order chi connectivity index (χ1) is 7.07. The van der Waals surface area contributed by atoms with Crippen molar-refractivity contribution in [2.24, 2.45) is 0 Å². The van der Waals surface area contributed by atoms with Crippen molar-refractivity contribution in [3.05, 3.63) is 30.3 Å². The van der Waals surface area contributed by atoms with Crippen LogP contribution in [0.5, 0.6) is 0 Å². The summed E-state index contributed by atoms with van der Waals surface area (Å²) in [7, 11) is -3.12. The Labute approximate surface area is 95.0 Å². The van der Waals surface area contributed by atoms with Gasteiger partial charge in [-0.25, -0.2) is 0 Å². The van der Waals surface area contributed by atoms with Crippen LogP contribution in [0.3, 0.4) is 0 Å². The standard InChI is InChI=1S/C10H11FO2SSe/c11-9-6-14(12,13)7-10(9)15-8-4-2-1-3-5-8/h1-5,9-10H,6-7H2/t9-,10-/m1/s1. The first-order valence-electron chi connectivity index (χ1n) is 4.63. The minimum atomic E-state index is -3.12. The number of benzene rings is 1. The molecule has 5 heteroatoms. The molecule has 1 aromatic carbocycles. The van der Waals surface area contributed by atoms with E-state index in [1.807, 2.05) is 30.3 Å². The molecule has 0 amide bonds. The minimum absolute atomic E-state index is 0.0169. The summed E-state index contributed by atoms with van der Waals surface area (Å²) in [5.41, 5.74) is 0. The summed E-state index contributed by atoms with van der Waals surface area (Å²) in [6.07, 6.45) is -1.17. The van der Waals surface area contributed by atoms with Gasteiger partial charge in [-0.1, -0.05) is 0 Å². The van der Waals surface area contributed by atoms with E-state index in [1.165, 1.54) is 0 Å². The third-order valence-electron chi connectivity index (χ3n) is 2.27. The number of alkyl halides is 1. The van der Waals surface area contributed by atoms with Gasteiger partial charge >= 0.3 is 94.9 Å². The molecular formula is C10H11FO2SSe. The zero-order valence-electron chi connectivity index (χ0n) is 7.97. The van der Waals surface area contributed by atoms with Crippen LogP contribution in [0.2, 0.25) is 4.82 Å². The summed E-state index contributed by atoms with van der Waals surface area (Å²) in [6.45, 7) is 0. The Morgan fingerprint density at radius 1 is 1.20 bits per heavy atom. The SMILES string of the molecule is O=S1(=O)C[C@@H](F)[C@H]([Se]c2ccccc2)C1. The maximum atomic E-state index is 13.4. The molecule has 0 spiro atoms. The van der Waals surface area contributed by atoms with Gasteiger partial charge in [-0.05, 0) is 0 Å². The number of halogens is 1. The summed E-state index contributed by atoms with van der Waals surface area (Å²) in [6, 6.07) is 9.55. The second kappa shape index (κ2) is 4.24. The molecule has 1 heterocycles. The van der Waals surface area contributed by atoms with E-state index < -0.39 is 16.0 Å². The molecule has 0 unspecified atom stereocenters. The van der Waals surface area contributed by atoms with Crippen LogP contribution in [0.25, 0.3) is 0 Å². The van der Waals surface area contributed by atoms with Crippen molar-refractivity contribution in [1.82, 2.24) is 0 Å². The van der Waals surface area contributed by atoms with E-state index in [0.29, 0.717) is 0 Å². The fraction of sp³-hybridized carbons (Fsp3) is 0.400. The van der Waals surface area contributed by atoms with Crippen LogP contribution in [0.1, 0.15) is 0 Å². The molecule has 0 N–H and O–H groups in total. The molecule has 15 heavy (non-hydrogen) atoms. The molecule has 1 saturated heterocycles. The van der Waals surface area contributed by atoms with E-state index in [4.69, 9.17) is 0 Å². The summed E-state index contributed by atoms with van der Waals surface area (Å²) < 4.78 is 36.9. The van der Waals surface area contributed by atoms with Crippen molar-refractivity contribution < 1.29 is 12.8 Å². The number of hydrogen-bond acceptors (Lipinski definition) is 2. The Kier molecular flexibility index (Phi) is 3.14. The molecule has 1 aliphatic heterocycles. The molecule has 0 bridgehead atoms. The number of hydrogen-bond donors (Lipinski definition) is 0. The Balaban J connectivity index is 2.08. The summed E-state index contributed by atoms with van der Waals surface area (Å²) in [5.74, 6) is -0.269. The predicted molar refractivity (Wildman–Crippen MR) is 59.1 cm³/mol. The van der Waals surface area contributed by atoms with Crippen molar-refractivity contribution >= 4 is 29.3 Å². The first-order valence-corrected chi connectivity index (χ1v) is 8.30. The van der Waals surface area contributed by atoms with Crippen molar-refractivity contribution in [3.63, 3.8) is 0 Å². The zero-order valence-corrected chi connectivity index (χ0v) is 10.5. The first kappa shape index (κ1) is 11.1. The molecule has 0 saturated carbocycles. The molecule has 0 radical (unpaired) electrons. The van der Waals surface area contributed by atoms with Gasteiger partial charge in [0.2, 0.25) is 0 Å². The van der Waals surface area contributed by atoms with E-state index in [-0.39, 0.29) is 31.3 Å². The molecule has 2 nitrogen and oxygen atoms in total. The van der Waals surface area contributed by atoms with E-state index in [0.717, 1.165) is 4.46 Å². The van der Waals surface area contributed by atoms with Crippen LogP contribution in [-0.4, -0.2) is 41.1 Å². The normalized spacial score (nSPS) is 29.1. The summed E-state index contributed by atoms with van der Waals surface area (Å²) in [5, 5.41) is 0. The van der Waals surface area contributed by atoms with Gasteiger partial charge < -0.3 is 0 Å². The maximum absolute atomic E-state index is 13.4. The van der Waals surface area contributed by atoms with Crippen LogP contribution >= 0.6 is 0 Å². The van der Waals surface area contributed by atoms with Crippen molar-refractivity contribution in [2.75, 3.05) is 11.5 Å². The number of rotatable bonds is 2. The number of sulfone groups is 1. The molecular weight excluding hydrogens is 282 g/mol. The van der Waals surface area contributed by atoms with Crippen LogP contribution in [-0.2, 0) is 9.84 Å². The van der Waals surface area contributed by atoms with Crippen molar-refractivity contribution in [3.8, 4) is 0 Å². The molecule has 1 aliphatic rings. The fourth-order valence-corrected chi connectivity index (χ4v) is 7.10. The molecule has 0 aromatic heterocycles. The Morgan fingerprint density at radius 3 is 2.40 bits per heavy atom. The Bertz CT molecular complexity index is 432. The van der Waals surface area contributed by atoms with Gasteiger partial charge in [-0.3, -0.25) is 0 Å². The van der Waals surface area contributed by atoms with Gasteiger partial charge in [0, 0.05) is 0 Å². The molecule has 82 valence electrons. The van der Waals surface area contributed by atoms with E-state index in [9.17, 15) is 12.8 Å². The fourth-order valence-electron chi connectivity index (χ4n) is 1.55. The van der Waals surface area contributed by atoms with Gasteiger partial charge in [-0.2, -0.15) is 0 Å². The molecule has 2 atom stereocenters. The average Bonchev–Trinajstić information content (AvgIpc) is 2.41. The summed E-state index contributed by atoms with van der Waals surface area (Å²) >= 11 is -0.0791. The van der Waals surface area contributed by atoms with Gasteiger partial charge in [-0.15, -0.1) is 0 Å². The second-order valence-corrected chi connectivity index (χ2v) is 8.47. The van der Waals surface area contributed by atoms with Gasteiger partial charge in [0.1, 0.15) is 0 Å². The van der Waals surface area contributed by atoms with Gasteiger partial charge in [0.25, 0.3) is 0 Å². The topological polar surface area (TPSA) is 34.1 Å². The van der Waals surface area contributed by atoms with Crippen molar-refractivity contribution in [2.45, 2.75) is 11.0 Å². The van der Waals surface area contributed by atoms with Crippen LogP contribution in [0, 0.1) is 0 Å². The molecule has 1 fully saturated rings. The van der Waals surface area contributed by atoms with Crippen LogP contribution in [0.15, 0.2) is 30.3 Å². The van der Waals surface area contributed by atoms with Gasteiger partial charge in [0.05, 0.1) is 0 Å². The van der Waals surface area contributed by atoms with Gasteiger partial charge in [0.15, 0.2) is 0 Å². The van der Waals surface area contributed by atoms with E-state index >= 15 is 0 Å². The molecule has 1 aromatic rings.